The number of likely N-dealkylation sites (tertiary alicyclic amines) is 1. The van der Waals surface area contributed by atoms with Crippen LogP contribution in [0.2, 0.25) is 0 Å². The number of hydrogen-bond acceptors (Lipinski definition) is 2. The van der Waals surface area contributed by atoms with Crippen LogP contribution in [0, 0.1) is 16.7 Å². The molecule has 2 rings (SSSR count). The minimum atomic E-state index is -0.0141. The van der Waals surface area contributed by atoms with Gasteiger partial charge in [0, 0.05) is 12.0 Å². The van der Waals surface area contributed by atoms with E-state index in [-0.39, 0.29) is 5.41 Å². The Morgan fingerprint density at radius 1 is 1.05 bits per heavy atom. The van der Waals surface area contributed by atoms with Crippen LogP contribution in [0.25, 0.3) is 0 Å². The van der Waals surface area contributed by atoms with E-state index in [1.807, 2.05) is 0 Å². The summed E-state index contributed by atoms with van der Waals surface area (Å²) in [4.78, 5) is 14.2. The maximum absolute atomic E-state index is 11.6. The second kappa shape index (κ2) is 6.60. The third kappa shape index (κ3) is 4.07. The first-order valence-corrected chi connectivity index (χ1v) is 8.64. The molecule has 2 aliphatic rings. The zero-order valence-electron chi connectivity index (χ0n) is 13.8. The number of aldehydes is 1. The van der Waals surface area contributed by atoms with Crippen molar-refractivity contribution in [3.63, 3.8) is 0 Å². The highest BCUT2D eigenvalue weighted by atomic mass is 16.1. The summed E-state index contributed by atoms with van der Waals surface area (Å²) in [6, 6.07) is 0. The molecular formula is C18H33NO. The van der Waals surface area contributed by atoms with E-state index in [4.69, 9.17) is 0 Å². The molecule has 1 aliphatic carbocycles. The zero-order chi connectivity index (χ0) is 14.6. The van der Waals surface area contributed by atoms with E-state index in [2.05, 4.69) is 25.7 Å². The van der Waals surface area contributed by atoms with E-state index in [0.717, 1.165) is 25.3 Å². The van der Waals surface area contributed by atoms with Gasteiger partial charge in [-0.1, -0.05) is 40.0 Å². The van der Waals surface area contributed by atoms with Crippen LogP contribution >= 0.6 is 0 Å². The predicted octanol–water partition coefficient (Wildman–Crippen LogP) is 4.28. The fraction of sp³-hybridized carbons (Fsp3) is 0.944. The SMILES string of the molecule is CC(C)(C)C1CCCN(CC2(C=O)CCCCC2)CC1. The largest absolute Gasteiger partial charge is 0.303 e. The van der Waals surface area contributed by atoms with Gasteiger partial charge in [-0.3, -0.25) is 0 Å². The number of hydrogen-bond donors (Lipinski definition) is 0. The predicted molar refractivity (Wildman–Crippen MR) is 84.8 cm³/mol. The number of rotatable bonds is 3. The fourth-order valence-electron chi connectivity index (χ4n) is 4.19. The molecule has 1 atom stereocenters. The highest BCUT2D eigenvalue weighted by Crippen LogP contribution is 2.38. The molecule has 1 saturated carbocycles. The summed E-state index contributed by atoms with van der Waals surface area (Å²) in [6.45, 7) is 10.5. The summed E-state index contributed by atoms with van der Waals surface area (Å²) in [5, 5.41) is 0. The van der Waals surface area contributed by atoms with Crippen molar-refractivity contribution in [3.05, 3.63) is 0 Å². The third-order valence-corrected chi connectivity index (χ3v) is 5.68. The van der Waals surface area contributed by atoms with Crippen LogP contribution in [0.5, 0.6) is 0 Å². The van der Waals surface area contributed by atoms with Crippen LogP contribution in [0.4, 0.5) is 0 Å². The van der Waals surface area contributed by atoms with Crippen molar-refractivity contribution in [1.29, 1.82) is 0 Å². The molecule has 0 spiro atoms. The van der Waals surface area contributed by atoms with Crippen molar-refractivity contribution in [2.45, 2.75) is 72.1 Å². The van der Waals surface area contributed by atoms with Crippen molar-refractivity contribution in [2.75, 3.05) is 19.6 Å². The van der Waals surface area contributed by atoms with Crippen LogP contribution in [0.1, 0.15) is 72.1 Å². The van der Waals surface area contributed by atoms with E-state index in [1.165, 1.54) is 57.9 Å². The summed E-state index contributed by atoms with van der Waals surface area (Å²) in [7, 11) is 0. The minimum Gasteiger partial charge on any atom is -0.303 e. The van der Waals surface area contributed by atoms with E-state index in [0.29, 0.717) is 5.41 Å². The van der Waals surface area contributed by atoms with Gasteiger partial charge in [-0.15, -0.1) is 0 Å². The minimum absolute atomic E-state index is 0.0141. The zero-order valence-corrected chi connectivity index (χ0v) is 13.8. The van der Waals surface area contributed by atoms with E-state index < -0.39 is 0 Å². The lowest BCUT2D eigenvalue weighted by Gasteiger charge is -2.37. The summed E-state index contributed by atoms with van der Waals surface area (Å²) < 4.78 is 0. The molecule has 2 fully saturated rings. The lowest BCUT2D eigenvalue weighted by Crippen LogP contribution is -2.41. The molecule has 1 heterocycles. The highest BCUT2D eigenvalue weighted by molar-refractivity contribution is 5.60. The maximum atomic E-state index is 11.6. The molecule has 2 nitrogen and oxygen atoms in total. The topological polar surface area (TPSA) is 20.3 Å². The molecule has 0 amide bonds. The molecule has 116 valence electrons. The Morgan fingerprint density at radius 3 is 2.35 bits per heavy atom. The Hall–Kier alpha value is -0.370. The van der Waals surface area contributed by atoms with Crippen molar-refractivity contribution >= 4 is 6.29 Å². The molecule has 20 heavy (non-hydrogen) atoms. The van der Waals surface area contributed by atoms with Gasteiger partial charge in [0.05, 0.1) is 0 Å². The van der Waals surface area contributed by atoms with Crippen LogP contribution in [-0.4, -0.2) is 30.8 Å². The van der Waals surface area contributed by atoms with Gasteiger partial charge in [0.1, 0.15) is 6.29 Å². The molecule has 0 aromatic carbocycles. The Morgan fingerprint density at radius 2 is 1.75 bits per heavy atom. The Kier molecular flexibility index (Phi) is 5.28. The van der Waals surface area contributed by atoms with Gasteiger partial charge in [0.25, 0.3) is 0 Å². The van der Waals surface area contributed by atoms with Crippen LogP contribution in [0.15, 0.2) is 0 Å². The number of carbonyl (C=O) groups is 1. The fourth-order valence-corrected chi connectivity index (χ4v) is 4.19. The van der Waals surface area contributed by atoms with Crippen molar-refractivity contribution in [3.8, 4) is 0 Å². The van der Waals surface area contributed by atoms with E-state index in [9.17, 15) is 4.79 Å². The molecule has 0 N–H and O–H groups in total. The second-order valence-corrected chi connectivity index (χ2v) is 8.31. The molecule has 2 heteroatoms. The van der Waals surface area contributed by atoms with Crippen LogP contribution in [-0.2, 0) is 4.79 Å². The van der Waals surface area contributed by atoms with Gasteiger partial charge in [-0.2, -0.15) is 0 Å². The molecule has 1 saturated heterocycles. The van der Waals surface area contributed by atoms with Gasteiger partial charge in [-0.25, -0.2) is 0 Å². The van der Waals surface area contributed by atoms with Gasteiger partial charge in [-0.05, 0) is 56.5 Å². The maximum Gasteiger partial charge on any atom is 0.127 e. The van der Waals surface area contributed by atoms with Crippen LogP contribution < -0.4 is 0 Å². The van der Waals surface area contributed by atoms with Crippen LogP contribution in [0.3, 0.4) is 0 Å². The molecule has 1 aliphatic heterocycles. The average Bonchev–Trinajstić information content (AvgIpc) is 2.65. The quantitative estimate of drug-likeness (QED) is 0.719. The lowest BCUT2D eigenvalue weighted by molar-refractivity contribution is -0.119. The molecule has 0 radical (unpaired) electrons. The van der Waals surface area contributed by atoms with Crippen molar-refractivity contribution in [2.24, 2.45) is 16.7 Å². The molecule has 0 bridgehead atoms. The number of nitrogens with zero attached hydrogens (tertiary/aromatic N) is 1. The Labute approximate surface area is 125 Å². The standard InChI is InChI=1S/C18H33NO/c1-17(2,3)16-8-7-12-19(13-9-16)14-18(15-20)10-5-4-6-11-18/h15-16H,4-14H2,1-3H3. The van der Waals surface area contributed by atoms with E-state index in [1.54, 1.807) is 0 Å². The van der Waals surface area contributed by atoms with Gasteiger partial charge in [0.2, 0.25) is 0 Å². The first-order valence-electron chi connectivity index (χ1n) is 8.64. The number of carbonyl (C=O) groups excluding carboxylic acids is 1. The molecule has 0 aromatic heterocycles. The van der Waals surface area contributed by atoms with Gasteiger partial charge >= 0.3 is 0 Å². The van der Waals surface area contributed by atoms with Gasteiger partial charge in [0.15, 0.2) is 0 Å². The summed E-state index contributed by atoms with van der Waals surface area (Å²) in [6.07, 6.45) is 11.3. The summed E-state index contributed by atoms with van der Waals surface area (Å²) in [5.74, 6) is 0.839. The smallest absolute Gasteiger partial charge is 0.127 e. The highest BCUT2D eigenvalue weighted by Gasteiger charge is 2.35. The van der Waals surface area contributed by atoms with Crippen molar-refractivity contribution < 1.29 is 4.79 Å². The molecular weight excluding hydrogens is 246 g/mol. The van der Waals surface area contributed by atoms with E-state index >= 15 is 0 Å². The first kappa shape index (κ1) is 16.0. The average molecular weight is 279 g/mol. The van der Waals surface area contributed by atoms with Crippen molar-refractivity contribution in [1.82, 2.24) is 4.90 Å². The molecule has 0 aromatic rings. The lowest BCUT2D eigenvalue weighted by atomic mass is 9.74. The summed E-state index contributed by atoms with van der Waals surface area (Å²) in [5.41, 5.74) is 0.420. The summed E-state index contributed by atoms with van der Waals surface area (Å²) >= 11 is 0. The molecule has 1 unspecified atom stereocenters. The Balaban J connectivity index is 1.91. The first-order chi connectivity index (χ1) is 9.45. The third-order valence-electron chi connectivity index (χ3n) is 5.68. The normalized spacial score (nSPS) is 28.9. The second-order valence-electron chi connectivity index (χ2n) is 8.31. The Bertz CT molecular complexity index is 312. The monoisotopic (exact) mass is 279 g/mol. The van der Waals surface area contributed by atoms with Gasteiger partial charge < -0.3 is 9.69 Å².